The first kappa shape index (κ1) is 17.0. The molecule has 0 saturated heterocycles. The molecule has 0 spiro atoms. The zero-order valence-corrected chi connectivity index (χ0v) is 15.8. The highest BCUT2D eigenvalue weighted by molar-refractivity contribution is 5.57. The van der Waals surface area contributed by atoms with Crippen molar-refractivity contribution in [1.82, 2.24) is 24.7 Å². The van der Waals surface area contributed by atoms with Gasteiger partial charge in [-0.1, -0.05) is 13.8 Å². The summed E-state index contributed by atoms with van der Waals surface area (Å²) in [7, 11) is 0. The third kappa shape index (κ3) is 3.15. The van der Waals surface area contributed by atoms with Gasteiger partial charge < -0.3 is 14.5 Å². The Morgan fingerprint density at radius 2 is 2.00 bits per heavy atom. The van der Waals surface area contributed by atoms with Crippen LogP contribution in [0.4, 0.5) is 0 Å². The molecule has 5 rings (SSSR count). The van der Waals surface area contributed by atoms with Crippen molar-refractivity contribution in [3.8, 4) is 28.7 Å². The lowest BCUT2D eigenvalue weighted by Crippen LogP contribution is -2.16. The Bertz CT molecular complexity index is 1100. The van der Waals surface area contributed by atoms with E-state index in [1.54, 1.807) is 4.68 Å². The lowest BCUT2D eigenvalue weighted by molar-refractivity contribution is 0.174. The van der Waals surface area contributed by atoms with Gasteiger partial charge in [0.1, 0.15) is 5.69 Å². The summed E-state index contributed by atoms with van der Waals surface area (Å²) in [6, 6.07) is 7.53. The number of ether oxygens (including phenoxy) is 2. The molecule has 28 heavy (non-hydrogen) atoms. The Balaban J connectivity index is 1.63. The van der Waals surface area contributed by atoms with Gasteiger partial charge in [-0.05, 0) is 43.4 Å². The van der Waals surface area contributed by atoms with E-state index < -0.39 is 0 Å². The third-order valence-corrected chi connectivity index (χ3v) is 4.82. The van der Waals surface area contributed by atoms with Gasteiger partial charge >= 0.3 is 5.69 Å². The molecule has 144 valence electrons. The van der Waals surface area contributed by atoms with Gasteiger partial charge in [0.15, 0.2) is 23.1 Å². The Labute approximate surface area is 161 Å². The average molecular weight is 379 g/mol. The number of hydrogen-bond donors (Lipinski definition) is 1. The first-order valence-corrected chi connectivity index (χ1v) is 9.54. The second-order valence-electron chi connectivity index (χ2n) is 7.71. The normalized spacial score (nSPS) is 15.4. The van der Waals surface area contributed by atoms with Crippen molar-refractivity contribution < 1.29 is 9.47 Å². The van der Waals surface area contributed by atoms with E-state index in [2.05, 4.69) is 23.8 Å². The summed E-state index contributed by atoms with van der Waals surface area (Å²) in [5.41, 5.74) is 1.79. The minimum absolute atomic E-state index is 0.213. The van der Waals surface area contributed by atoms with Crippen LogP contribution in [0.3, 0.4) is 0 Å². The van der Waals surface area contributed by atoms with Gasteiger partial charge in [0.25, 0.3) is 0 Å². The van der Waals surface area contributed by atoms with Crippen LogP contribution in [0.15, 0.2) is 29.1 Å². The van der Waals surface area contributed by atoms with Crippen LogP contribution in [0.2, 0.25) is 0 Å². The fourth-order valence-corrected chi connectivity index (χ4v) is 3.38. The summed E-state index contributed by atoms with van der Waals surface area (Å²) in [6.45, 7) is 4.43. The van der Waals surface area contributed by atoms with Crippen molar-refractivity contribution in [2.45, 2.75) is 39.0 Å². The molecule has 1 aromatic carbocycles. The predicted molar refractivity (Wildman–Crippen MR) is 102 cm³/mol. The molecular formula is C20H21N5O3. The number of rotatable bonds is 5. The number of benzene rings is 1. The van der Waals surface area contributed by atoms with E-state index >= 15 is 0 Å². The quantitative estimate of drug-likeness (QED) is 0.732. The van der Waals surface area contributed by atoms with Gasteiger partial charge in [0, 0.05) is 17.7 Å². The molecule has 0 amide bonds. The summed E-state index contributed by atoms with van der Waals surface area (Å²) in [6.07, 6.45) is 2.94. The van der Waals surface area contributed by atoms with Crippen molar-refractivity contribution in [1.29, 1.82) is 0 Å². The number of fused-ring (bicyclic) bond motifs is 1. The zero-order chi connectivity index (χ0) is 19.3. The summed E-state index contributed by atoms with van der Waals surface area (Å²) in [5, 5.41) is 4.72. The highest BCUT2D eigenvalue weighted by Crippen LogP contribution is 2.40. The van der Waals surface area contributed by atoms with Crippen molar-refractivity contribution >= 4 is 0 Å². The molecule has 1 aliphatic heterocycles. The summed E-state index contributed by atoms with van der Waals surface area (Å²) in [4.78, 5) is 23.9. The van der Waals surface area contributed by atoms with E-state index in [-0.39, 0.29) is 12.5 Å². The monoisotopic (exact) mass is 379 g/mol. The Morgan fingerprint density at radius 3 is 2.79 bits per heavy atom. The molecule has 2 aliphatic rings. The Hall–Kier alpha value is -3.16. The Kier molecular flexibility index (Phi) is 3.92. The standard InChI is InChI=1S/C20H21N5O3/c1-11(2)7-13-8-15(22-20(26)21-13)19-23-18(12-3-4-12)24-25(19)14-5-6-16-17(9-14)28-10-27-16/h5-6,8-9,11-12H,3-4,7,10H2,1-2H3,(H,21,22,26). The van der Waals surface area contributed by atoms with E-state index in [1.165, 1.54) is 0 Å². The topological polar surface area (TPSA) is 94.9 Å². The van der Waals surface area contributed by atoms with Gasteiger partial charge in [-0.3, -0.25) is 0 Å². The van der Waals surface area contributed by atoms with Crippen molar-refractivity contribution in [2.24, 2.45) is 5.92 Å². The lowest BCUT2D eigenvalue weighted by Gasteiger charge is -2.08. The lowest BCUT2D eigenvalue weighted by atomic mass is 10.1. The summed E-state index contributed by atoms with van der Waals surface area (Å²) in [5.74, 6) is 3.54. The highest BCUT2D eigenvalue weighted by atomic mass is 16.7. The van der Waals surface area contributed by atoms with Gasteiger partial charge in [-0.25, -0.2) is 14.5 Å². The molecule has 8 nitrogen and oxygen atoms in total. The third-order valence-electron chi connectivity index (χ3n) is 4.82. The fraction of sp³-hybridized carbons (Fsp3) is 0.400. The smallest absolute Gasteiger partial charge is 0.345 e. The summed E-state index contributed by atoms with van der Waals surface area (Å²) >= 11 is 0. The van der Waals surface area contributed by atoms with E-state index in [4.69, 9.17) is 19.6 Å². The van der Waals surface area contributed by atoms with Crippen molar-refractivity contribution in [3.63, 3.8) is 0 Å². The molecule has 0 unspecified atom stereocenters. The largest absolute Gasteiger partial charge is 0.454 e. The van der Waals surface area contributed by atoms with Crippen LogP contribution < -0.4 is 15.2 Å². The maximum atomic E-state index is 12.2. The first-order valence-electron chi connectivity index (χ1n) is 9.54. The van der Waals surface area contributed by atoms with Gasteiger partial charge in [0.2, 0.25) is 6.79 Å². The van der Waals surface area contributed by atoms with Crippen LogP contribution in [0.25, 0.3) is 17.2 Å². The summed E-state index contributed by atoms with van der Waals surface area (Å²) < 4.78 is 12.6. The van der Waals surface area contributed by atoms with Gasteiger partial charge in [-0.2, -0.15) is 10.1 Å². The first-order chi connectivity index (χ1) is 13.6. The number of hydrogen-bond acceptors (Lipinski definition) is 6. The van der Waals surface area contributed by atoms with Crippen molar-refractivity contribution in [2.75, 3.05) is 6.79 Å². The SMILES string of the molecule is CC(C)Cc1cc(-c2nc(C3CC3)nn2-c2ccc3c(c2)OCO3)nc(=O)[nH]1. The molecule has 0 atom stereocenters. The van der Waals surface area contributed by atoms with E-state index in [9.17, 15) is 4.79 Å². The minimum atomic E-state index is -0.374. The number of nitrogens with one attached hydrogen (secondary N) is 1. The van der Waals surface area contributed by atoms with Crippen LogP contribution in [-0.2, 0) is 6.42 Å². The molecule has 1 aliphatic carbocycles. The average Bonchev–Trinajstić information content (AvgIpc) is 3.23. The van der Waals surface area contributed by atoms with E-state index in [1.807, 2.05) is 24.3 Å². The zero-order valence-electron chi connectivity index (χ0n) is 15.8. The molecule has 0 radical (unpaired) electrons. The number of nitrogens with zero attached hydrogens (tertiary/aromatic N) is 4. The maximum absolute atomic E-state index is 12.2. The molecule has 1 N–H and O–H groups in total. The number of aromatic amines is 1. The maximum Gasteiger partial charge on any atom is 0.345 e. The predicted octanol–water partition coefficient (Wildman–Crippen LogP) is 2.82. The fourth-order valence-electron chi connectivity index (χ4n) is 3.38. The molecule has 8 heteroatoms. The van der Waals surface area contributed by atoms with Crippen LogP contribution in [-0.4, -0.2) is 31.5 Å². The van der Waals surface area contributed by atoms with Crippen LogP contribution in [0.1, 0.15) is 44.1 Å². The molecule has 0 bridgehead atoms. The van der Waals surface area contributed by atoms with Crippen molar-refractivity contribution in [3.05, 3.63) is 46.3 Å². The van der Waals surface area contributed by atoms with Crippen LogP contribution in [0.5, 0.6) is 11.5 Å². The Morgan fingerprint density at radius 1 is 1.18 bits per heavy atom. The van der Waals surface area contributed by atoms with E-state index in [0.717, 1.165) is 36.5 Å². The molecule has 2 aromatic heterocycles. The number of H-pyrrole nitrogens is 1. The van der Waals surface area contributed by atoms with Gasteiger partial charge in [-0.15, -0.1) is 0 Å². The van der Waals surface area contributed by atoms with Crippen LogP contribution in [0, 0.1) is 5.92 Å². The van der Waals surface area contributed by atoms with Gasteiger partial charge in [0.05, 0.1) is 5.69 Å². The minimum Gasteiger partial charge on any atom is -0.454 e. The molecule has 3 heterocycles. The second kappa shape index (κ2) is 6.47. The number of aromatic nitrogens is 5. The molecule has 3 aromatic rings. The molecular weight excluding hydrogens is 358 g/mol. The molecule has 1 fully saturated rings. The van der Waals surface area contributed by atoms with Crippen LogP contribution >= 0.6 is 0 Å². The highest BCUT2D eigenvalue weighted by Gasteiger charge is 2.30. The van der Waals surface area contributed by atoms with E-state index in [0.29, 0.717) is 34.9 Å². The molecule has 1 saturated carbocycles. The second-order valence-corrected chi connectivity index (χ2v) is 7.71.